The number of nitrogens with one attached hydrogen (secondary N) is 1. The van der Waals surface area contributed by atoms with Gasteiger partial charge in [-0.25, -0.2) is 4.68 Å². The molecule has 1 fully saturated rings. The molecule has 2 rings (SSSR count). The number of anilines is 1. The molecule has 1 aromatic rings. The van der Waals surface area contributed by atoms with Gasteiger partial charge >= 0.3 is 0 Å². The second-order valence-electron chi connectivity index (χ2n) is 4.00. The van der Waals surface area contributed by atoms with Crippen LogP contribution in [0.1, 0.15) is 13.3 Å². The minimum Gasteiger partial charge on any atom is -0.376 e. The van der Waals surface area contributed by atoms with Crippen LogP contribution in [0.3, 0.4) is 0 Å². The second kappa shape index (κ2) is 4.18. The van der Waals surface area contributed by atoms with E-state index >= 15 is 0 Å². The number of hydrogen-bond donors (Lipinski definition) is 1. The fraction of sp³-hybridized carbons (Fsp3) is 0.455. The average molecular weight is 238 g/mol. The number of hydrogen-bond acceptors (Lipinski definition) is 3. The van der Waals surface area contributed by atoms with Crippen LogP contribution in [0.5, 0.6) is 0 Å². The molecule has 1 heterocycles. The molecule has 0 bridgehead atoms. The summed E-state index contributed by atoms with van der Waals surface area (Å²) in [6.07, 6.45) is 7.65. The lowest BCUT2D eigenvalue weighted by molar-refractivity contribution is 0.663. The standard InChI is InChI=1S/C11H12ClN3O/c1-3-4-15-11(16)10(8(12)6-13-15)14-9-5-7(9)2/h1,6-7,9,14H,4-5H2,2H3. The Morgan fingerprint density at radius 2 is 2.50 bits per heavy atom. The van der Waals surface area contributed by atoms with Crippen molar-refractivity contribution in [3.05, 3.63) is 21.6 Å². The number of aromatic nitrogens is 2. The fourth-order valence-electron chi connectivity index (χ4n) is 1.51. The van der Waals surface area contributed by atoms with Gasteiger partial charge in [0.25, 0.3) is 5.56 Å². The van der Waals surface area contributed by atoms with Crippen LogP contribution in [0.4, 0.5) is 5.69 Å². The molecule has 4 nitrogen and oxygen atoms in total. The zero-order chi connectivity index (χ0) is 11.7. The summed E-state index contributed by atoms with van der Waals surface area (Å²) in [5, 5.41) is 7.34. The van der Waals surface area contributed by atoms with E-state index < -0.39 is 0 Å². The molecule has 0 radical (unpaired) electrons. The Balaban J connectivity index is 2.31. The van der Waals surface area contributed by atoms with Gasteiger partial charge in [0.1, 0.15) is 12.2 Å². The molecule has 0 saturated heterocycles. The van der Waals surface area contributed by atoms with Crippen molar-refractivity contribution in [1.29, 1.82) is 0 Å². The van der Waals surface area contributed by atoms with E-state index in [9.17, 15) is 4.79 Å². The zero-order valence-corrected chi connectivity index (χ0v) is 9.66. The van der Waals surface area contributed by atoms with Crippen LogP contribution in [0.15, 0.2) is 11.0 Å². The summed E-state index contributed by atoms with van der Waals surface area (Å²) in [5.41, 5.74) is 0.144. The predicted octanol–water partition coefficient (Wildman–Crippen LogP) is 1.35. The van der Waals surface area contributed by atoms with Gasteiger partial charge in [0, 0.05) is 6.04 Å². The Hall–Kier alpha value is -1.47. The minimum atomic E-state index is -0.260. The molecule has 0 aromatic carbocycles. The monoisotopic (exact) mass is 237 g/mol. The summed E-state index contributed by atoms with van der Waals surface area (Å²) in [5.74, 6) is 2.97. The van der Waals surface area contributed by atoms with E-state index in [-0.39, 0.29) is 12.1 Å². The summed E-state index contributed by atoms with van der Waals surface area (Å²) in [6, 6.07) is 0.340. The van der Waals surface area contributed by atoms with Crippen molar-refractivity contribution in [2.24, 2.45) is 5.92 Å². The molecule has 1 aromatic heterocycles. The Morgan fingerprint density at radius 3 is 3.06 bits per heavy atom. The molecule has 1 N–H and O–H groups in total. The van der Waals surface area contributed by atoms with Crippen LogP contribution in [0.25, 0.3) is 0 Å². The first kappa shape index (κ1) is 11.0. The van der Waals surface area contributed by atoms with Crippen LogP contribution in [-0.4, -0.2) is 15.8 Å². The maximum absolute atomic E-state index is 11.9. The third-order valence-electron chi connectivity index (χ3n) is 2.68. The highest BCUT2D eigenvalue weighted by Crippen LogP contribution is 2.33. The Kier molecular flexibility index (Phi) is 2.88. The first-order valence-electron chi connectivity index (χ1n) is 5.09. The van der Waals surface area contributed by atoms with Gasteiger partial charge in [-0.15, -0.1) is 6.42 Å². The van der Waals surface area contributed by atoms with Crippen LogP contribution < -0.4 is 10.9 Å². The molecule has 0 amide bonds. The van der Waals surface area contributed by atoms with Gasteiger partial charge in [-0.2, -0.15) is 5.10 Å². The van der Waals surface area contributed by atoms with Gasteiger partial charge in [-0.3, -0.25) is 4.79 Å². The van der Waals surface area contributed by atoms with Crippen LogP contribution >= 0.6 is 11.6 Å². The quantitative estimate of drug-likeness (QED) is 0.808. The molecular formula is C11H12ClN3O. The Labute approximate surface area is 98.6 Å². The van der Waals surface area contributed by atoms with Gasteiger partial charge in [0.15, 0.2) is 0 Å². The molecule has 2 atom stereocenters. The van der Waals surface area contributed by atoms with Crippen molar-refractivity contribution in [2.75, 3.05) is 5.32 Å². The summed E-state index contributed by atoms with van der Waals surface area (Å²) >= 11 is 5.93. The summed E-state index contributed by atoms with van der Waals surface area (Å²) in [4.78, 5) is 11.9. The second-order valence-corrected chi connectivity index (χ2v) is 4.41. The maximum Gasteiger partial charge on any atom is 0.292 e. The van der Waals surface area contributed by atoms with Crippen molar-refractivity contribution in [3.63, 3.8) is 0 Å². The maximum atomic E-state index is 11.9. The molecule has 16 heavy (non-hydrogen) atoms. The molecule has 5 heteroatoms. The zero-order valence-electron chi connectivity index (χ0n) is 8.90. The van der Waals surface area contributed by atoms with E-state index in [1.165, 1.54) is 10.9 Å². The third-order valence-corrected chi connectivity index (χ3v) is 2.96. The van der Waals surface area contributed by atoms with Crippen LogP contribution in [0.2, 0.25) is 5.02 Å². The minimum absolute atomic E-state index is 0.158. The molecule has 1 saturated carbocycles. The first-order chi connectivity index (χ1) is 7.63. The van der Waals surface area contributed by atoms with E-state index in [1.54, 1.807) is 0 Å². The van der Waals surface area contributed by atoms with Crippen molar-refractivity contribution in [3.8, 4) is 12.3 Å². The molecule has 0 aliphatic heterocycles. The molecule has 0 spiro atoms. The fourth-order valence-corrected chi connectivity index (χ4v) is 1.69. The Morgan fingerprint density at radius 1 is 1.81 bits per heavy atom. The predicted molar refractivity (Wildman–Crippen MR) is 63.5 cm³/mol. The van der Waals surface area contributed by atoms with E-state index in [1.807, 2.05) is 0 Å². The number of halogens is 1. The normalized spacial score (nSPS) is 22.6. The van der Waals surface area contributed by atoms with Crippen molar-refractivity contribution in [1.82, 2.24) is 9.78 Å². The molecule has 1 aliphatic rings. The van der Waals surface area contributed by atoms with Crippen molar-refractivity contribution >= 4 is 17.3 Å². The van der Waals surface area contributed by atoms with Crippen LogP contribution in [-0.2, 0) is 6.54 Å². The Bertz CT molecular complexity index is 503. The smallest absolute Gasteiger partial charge is 0.292 e. The van der Waals surface area contributed by atoms with Gasteiger partial charge in [-0.1, -0.05) is 24.4 Å². The number of terminal acetylenes is 1. The first-order valence-corrected chi connectivity index (χ1v) is 5.47. The average Bonchev–Trinajstić information content (AvgIpc) is 2.94. The van der Waals surface area contributed by atoms with Gasteiger partial charge in [0.05, 0.1) is 11.2 Å². The lowest BCUT2D eigenvalue weighted by Gasteiger charge is -2.08. The SMILES string of the molecule is C#CCn1ncc(Cl)c(NC2CC2C)c1=O. The molecule has 84 valence electrons. The summed E-state index contributed by atoms with van der Waals surface area (Å²) in [7, 11) is 0. The van der Waals surface area contributed by atoms with E-state index in [4.69, 9.17) is 18.0 Å². The van der Waals surface area contributed by atoms with E-state index in [0.717, 1.165) is 6.42 Å². The third kappa shape index (κ3) is 2.05. The number of nitrogens with zero attached hydrogens (tertiary/aromatic N) is 2. The number of rotatable bonds is 3. The lowest BCUT2D eigenvalue weighted by Crippen LogP contribution is -2.26. The highest BCUT2D eigenvalue weighted by atomic mass is 35.5. The highest BCUT2D eigenvalue weighted by Gasteiger charge is 2.33. The topological polar surface area (TPSA) is 46.9 Å². The largest absolute Gasteiger partial charge is 0.376 e. The highest BCUT2D eigenvalue weighted by molar-refractivity contribution is 6.33. The van der Waals surface area contributed by atoms with Crippen LogP contribution in [0, 0.1) is 18.3 Å². The van der Waals surface area contributed by atoms with Gasteiger partial charge in [-0.05, 0) is 12.3 Å². The molecule has 2 unspecified atom stereocenters. The van der Waals surface area contributed by atoms with E-state index in [0.29, 0.717) is 22.7 Å². The van der Waals surface area contributed by atoms with Crippen molar-refractivity contribution < 1.29 is 0 Å². The molecular weight excluding hydrogens is 226 g/mol. The van der Waals surface area contributed by atoms with Gasteiger partial charge in [0.2, 0.25) is 0 Å². The molecule has 1 aliphatic carbocycles. The summed E-state index contributed by atoms with van der Waals surface area (Å²) < 4.78 is 1.22. The summed E-state index contributed by atoms with van der Waals surface area (Å²) in [6.45, 7) is 2.28. The van der Waals surface area contributed by atoms with Gasteiger partial charge < -0.3 is 5.32 Å². The van der Waals surface area contributed by atoms with Crippen molar-refractivity contribution in [2.45, 2.75) is 25.9 Å². The van der Waals surface area contributed by atoms with E-state index in [2.05, 4.69) is 23.3 Å². The lowest BCUT2D eigenvalue weighted by atomic mass is 10.4.